The molecule has 3 heteroatoms. The number of benzene rings is 1. The van der Waals surface area contributed by atoms with Gasteiger partial charge in [0.1, 0.15) is 0 Å². The largest absolute Gasteiger partial charge is 0.329 e. The van der Waals surface area contributed by atoms with Gasteiger partial charge in [0.25, 0.3) is 0 Å². The number of aromatic nitrogens is 1. The molecule has 0 spiro atoms. The Hall–Kier alpha value is -1.45. The zero-order valence-electron chi connectivity index (χ0n) is 13.5. The smallest absolute Gasteiger partial charge is 0.0746 e. The van der Waals surface area contributed by atoms with Gasteiger partial charge in [-0.1, -0.05) is 45.0 Å². The van der Waals surface area contributed by atoms with Gasteiger partial charge in [-0.05, 0) is 31.0 Å². The van der Waals surface area contributed by atoms with Gasteiger partial charge in [0, 0.05) is 30.2 Å². The van der Waals surface area contributed by atoms with Crippen molar-refractivity contribution in [1.82, 2.24) is 9.88 Å². The highest BCUT2D eigenvalue weighted by molar-refractivity contribution is 5.81. The topological polar surface area (TPSA) is 42.2 Å². The molecular formula is C18H27N3. The molecule has 0 aliphatic rings. The van der Waals surface area contributed by atoms with Gasteiger partial charge >= 0.3 is 0 Å². The molecule has 1 aromatic heterocycles. The number of para-hydroxylation sites is 1. The van der Waals surface area contributed by atoms with Crippen molar-refractivity contribution in [3.63, 3.8) is 0 Å². The van der Waals surface area contributed by atoms with Crippen LogP contribution in [0.4, 0.5) is 0 Å². The molecule has 0 aliphatic carbocycles. The van der Waals surface area contributed by atoms with Crippen LogP contribution in [0.2, 0.25) is 0 Å². The molecule has 0 unspecified atom stereocenters. The van der Waals surface area contributed by atoms with Gasteiger partial charge in [0.15, 0.2) is 0 Å². The highest BCUT2D eigenvalue weighted by Crippen LogP contribution is 2.26. The Morgan fingerprint density at radius 2 is 1.81 bits per heavy atom. The minimum Gasteiger partial charge on any atom is -0.329 e. The molecule has 0 amide bonds. The summed E-state index contributed by atoms with van der Waals surface area (Å²) in [5, 5.41) is 1.21. The maximum Gasteiger partial charge on any atom is 0.0746 e. The summed E-state index contributed by atoms with van der Waals surface area (Å²) in [5.41, 5.74) is 8.60. The highest BCUT2D eigenvalue weighted by Gasteiger charge is 2.31. The number of fused-ring (bicyclic) bond motifs is 1. The number of nitrogens with zero attached hydrogens (tertiary/aromatic N) is 2. The van der Waals surface area contributed by atoms with Crippen molar-refractivity contribution in [1.29, 1.82) is 0 Å². The van der Waals surface area contributed by atoms with Gasteiger partial charge in [0.2, 0.25) is 0 Å². The van der Waals surface area contributed by atoms with Crippen LogP contribution in [0.1, 0.15) is 39.2 Å². The molecule has 0 fully saturated rings. The third-order valence-electron chi connectivity index (χ3n) is 4.83. The van der Waals surface area contributed by atoms with E-state index in [0.29, 0.717) is 6.54 Å². The lowest BCUT2D eigenvalue weighted by molar-refractivity contribution is 0.0832. The number of hydrogen-bond donors (Lipinski definition) is 1. The highest BCUT2D eigenvalue weighted by atomic mass is 15.2. The predicted molar refractivity (Wildman–Crippen MR) is 90.2 cm³/mol. The quantitative estimate of drug-likeness (QED) is 0.845. The van der Waals surface area contributed by atoms with E-state index in [1.54, 1.807) is 0 Å². The third-order valence-corrected chi connectivity index (χ3v) is 4.83. The number of nitrogens with two attached hydrogens (primary N) is 1. The van der Waals surface area contributed by atoms with E-state index in [9.17, 15) is 0 Å². The van der Waals surface area contributed by atoms with E-state index >= 15 is 0 Å². The van der Waals surface area contributed by atoms with Crippen molar-refractivity contribution in [3.8, 4) is 0 Å². The van der Waals surface area contributed by atoms with E-state index in [0.717, 1.165) is 31.4 Å². The van der Waals surface area contributed by atoms with Gasteiger partial charge in [-0.2, -0.15) is 0 Å². The van der Waals surface area contributed by atoms with E-state index in [1.165, 1.54) is 10.9 Å². The van der Waals surface area contributed by atoms with Crippen LogP contribution in [-0.2, 0) is 6.54 Å². The van der Waals surface area contributed by atoms with Crippen molar-refractivity contribution in [2.75, 3.05) is 13.1 Å². The zero-order chi connectivity index (χ0) is 15.3. The molecule has 114 valence electrons. The molecule has 2 N–H and O–H groups in total. The summed E-state index contributed by atoms with van der Waals surface area (Å²) in [6.07, 6.45) is 4.02. The summed E-state index contributed by atoms with van der Waals surface area (Å²) in [4.78, 5) is 7.08. The van der Waals surface area contributed by atoms with Crippen LogP contribution in [0, 0.1) is 0 Å². The lowest BCUT2D eigenvalue weighted by atomic mass is 9.90. The first-order valence-corrected chi connectivity index (χ1v) is 7.98. The summed E-state index contributed by atoms with van der Waals surface area (Å²) in [7, 11) is 0. The first kappa shape index (κ1) is 15.9. The van der Waals surface area contributed by atoms with Crippen LogP contribution >= 0.6 is 0 Å². The third kappa shape index (κ3) is 3.09. The molecule has 0 atom stereocenters. The van der Waals surface area contributed by atoms with E-state index in [-0.39, 0.29) is 5.54 Å². The molecule has 0 aliphatic heterocycles. The maximum atomic E-state index is 6.11. The maximum absolute atomic E-state index is 6.11. The van der Waals surface area contributed by atoms with Crippen molar-refractivity contribution in [2.24, 2.45) is 5.73 Å². The average Bonchev–Trinajstić information content (AvgIpc) is 2.56. The summed E-state index contributed by atoms with van der Waals surface area (Å²) < 4.78 is 0. The zero-order valence-corrected chi connectivity index (χ0v) is 13.5. The lowest BCUT2D eigenvalue weighted by Gasteiger charge is -2.42. The first-order chi connectivity index (χ1) is 10.2. The lowest BCUT2D eigenvalue weighted by Crippen LogP contribution is -2.52. The first-order valence-electron chi connectivity index (χ1n) is 7.98. The van der Waals surface area contributed by atoms with Gasteiger partial charge < -0.3 is 5.73 Å². The van der Waals surface area contributed by atoms with Gasteiger partial charge in [-0.25, -0.2) is 0 Å². The summed E-state index contributed by atoms with van der Waals surface area (Å²) in [6.45, 7) is 9.30. The minimum absolute atomic E-state index is 0.0890. The second-order valence-corrected chi connectivity index (χ2v) is 5.64. The Morgan fingerprint density at radius 1 is 1.10 bits per heavy atom. The van der Waals surface area contributed by atoms with E-state index in [2.05, 4.69) is 54.9 Å². The van der Waals surface area contributed by atoms with Gasteiger partial charge in [-0.15, -0.1) is 0 Å². The molecule has 1 aromatic carbocycles. The standard InChI is InChI=1S/C18H27N3/c1-4-18(5-2,14-19)21(6-3)13-16-10-7-9-15-11-8-12-20-17(15)16/h7-12H,4-6,13-14,19H2,1-3H3. The van der Waals surface area contributed by atoms with Crippen molar-refractivity contribution in [2.45, 2.75) is 45.7 Å². The number of hydrogen-bond acceptors (Lipinski definition) is 3. The average molecular weight is 285 g/mol. The van der Waals surface area contributed by atoms with Crippen LogP contribution in [-0.4, -0.2) is 28.5 Å². The van der Waals surface area contributed by atoms with E-state index < -0.39 is 0 Å². The number of rotatable bonds is 7. The van der Waals surface area contributed by atoms with Crippen molar-refractivity contribution < 1.29 is 0 Å². The molecule has 2 aromatic rings. The van der Waals surface area contributed by atoms with Crippen LogP contribution in [0.25, 0.3) is 10.9 Å². The molecule has 21 heavy (non-hydrogen) atoms. The number of likely N-dealkylation sites (N-methyl/N-ethyl adjacent to an activating group) is 1. The Labute approximate surface area is 128 Å². The molecule has 2 rings (SSSR count). The summed E-state index contributed by atoms with van der Waals surface area (Å²) >= 11 is 0. The fourth-order valence-electron chi connectivity index (χ4n) is 3.23. The molecular weight excluding hydrogens is 258 g/mol. The fourth-order valence-corrected chi connectivity index (χ4v) is 3.23. The van der Waals surface area contributed by atoms with Crippen LogP contribution in [0.5, 0.6) is 0 Å². The molecule has 0 saturated heterocycles. The van der Waals surface area contributed by atoms with Crippen molar-refractivity contribution in [3.05, 3.63) is 42.1 Å². The Bertz CT molecular complexity index is 562. The Balaban J connectivity index is 2.37. The second-order valence-electron chi connectivity index (χ2n) is 5.64. The molecule has 1 heterocycles. The Kier molecular flexibility index (Phi) is 5.32. The van der Waals surface area contributed by atoms with Gasteiger partial charge in [-0.3, -0.25) is 9.88 Å². The number of pyridine rings is 1. The van der Waals surface area contributed by atoms with E-state index in [1.807, 2.05) is 12.3 Å². The van der Waals surface area contributed by atoms with Gasteiger partial charge in [0.05, 0.1) is 5.52 Å². The van der Waals surface area contributed by atoms with E-state index in [4.69, 9.17) is 5.73 Å². The van der Waals surface area contributed by atoms with Crippen LogP contribution in [0.15, 0.2) is 36.5 Å². The molecule has 0 bridgehead atoms. The molecule has 3 nitrogen and oxygen atoms in total. The Morgan fingerprint density at radius 3 is 2.43 bits per heavy atom. The fraction of sp³-hybridized carbons (Fsp3) is 0.500. The van der Waals surface area contributed by atoms with Crippen LogP contribution in [0.3, 0.4) is 0 Å². The minimum atomic E-state index is 0.0890. The normalized spacial score (nSPS) is 12.2. The summed E-state index contributed by atoms with van der Waals surface area (Å²) in [6, 6.07) is 10.5. The monoisotopic (exact) mass is 285 g/mol. The molecule has 0 saturated carbocycles. The SMILES string of the molecule is CCN(Cc1cccc2cccnc12)C(CC)(CC)CN. The van der Waals surface area contributed by atoms with Crippen LogP contribution < -0.4 is 5.73 Å². The second kappa shape index (κ2) is 7.01. The molecule has 0 radical (unpaired) electrons. The summed E-state index contributed by atoms with van der Waals surface area (Å²) in [5.74, 6) is 0. The van der Waals surface area contributed by atoms with Crippen molar-refractivity contribution >= 4 is 10.9 Å². The predicted octanol–water partition coefficient (Wildman–Crippen LogP) is 3.57.